The third kappa shape index (κ3) is 3.77. The monoisotopic (exact) mass is 369 g/mol. The Morgan fingerprint density at radius 3 is 2.52 bits per heavy atom. The number of phenols is 1. The summed E-state index contributed by atoms with van der Waals surface area (Å²) in [5.41, 5.74) is 1.04. The average molecular weight is 369 g/mol. The Morgan fingerprint density at radius 2 is 1.85 bits per heavy atom. The second-order valence-electron chi connectivity index (χ2n) is 7.08. The fourth-order valence-electron chi connectivity index (χ4n) is 3.79. The van der Waals surface area contributed by atoms with Crippen LogP contribution in [0.4, 0.5) is 5.69 Å². The van der Waals surface area contributed by atoms with Crippen molar-refractivity contribution in [3.63, 3.8) is 0 Å². The predicted molar refractivity (Wildman–Crippen MR) is 99.1 cm³/mol. The summed E-state index contributed by atoms with van der Waals surface area (Å²) >= 11 is 0. The lowest BCUT2D eigenvalue weighted by atomic mass is 10.1. The molecule has 0 saturated carbocycles. The largest absolute Gasteiger partial charge is 0.508 e. The molecule has 7 nitrogen and oxygen atoms in total. The zero-order valence-electron chi connectivity index (χ0n) is 15.1. The molecule has 3 heterocycles. The summed E-state index contributed by atoms with van der Waals surface area (Å²) in [5, 5.41) is 9.41. The normalized spacial score (nSPS) is 20.4. The highest BCUT2D eigenvalue weighted by molar-refractivity contribution is 5.89. The summed E-state index contributed by atoms with van der Waals surface area (Å²) in [6.07, 6.45) is 1.86. The molecule has 1 atom stereocenters. The molecule has 1 aromatic carbocycles. The van der Waals surface area contributed by atoms with Crippen molar-refractivity contribution >= 4 is 17.5 Å². The Balaban J connectivity index is 1.31. The number of piperazine rings is 1. The summed E-state index contributed by atoms with van der Waals surface area (Å²) in [5.74, 6) is 0.785. The van der Waals surface area contributed by atoms with Crippen LogP contribution >= 0.6 is 0 Å². The quantitative estimate of drug-likeness (QED) is 0.887. The number of carbonyl (C=O) groups is 2. The smallest absolute Gasteiger partial charge is 0.228 e. The molecule has 2 saturated heterocycles. The number of benzene rings is 1. The SMILES string of the molecule is O=C1CC(C(=O)N2CCN(c3ccc(O)cc3)CC2)CN1Cc1ccco1. The molecule has 2 aromatic rings. The second-order valence-corrected chi connectivity index (χ2v) is 7.08. The van der Waals surface area contributed by atoms with Crippen LogP contribution in [-0.2, 0) is 16.1 Å². The van der Waals surface area contributed by atoms with Gasteiger partial charge in [0.2, 0.25) is 11.8 Å². The number of aromatic hydroxyl groups is 1. The molecule has 2 aliphatic heterocycles. The molecule has 2 fully saturated rings. The van der Waals surface area contributed by atoms with E-state index in [-0.39, 0.29) is 29.9 Å². The van der Waals surface area contributed by atoms with E-state index in [4.69, 9.17) is 4.42 Å². The van der Waals surface area contributed by atoms with E-state index >= 15 is 0 Å². The topological polar surface area (TPSA) is 77.2 Å². The van der Waals surface area contributed by atoms with Crippen molar-refractivity contribution in [2.45, 2.75) is 13.0 Å². The highest BCUT2D eigenvalue weighted by Gasteiger charge is 2.37. The van der Waals surface area contributed by atoms with Crippen molar-refractivity contribution in [3.05, 3.63) is 48.4 Å². The molecular formula is C20H23N3O4. The lowest BCUT2D eigenvalue weighted by molar-refractivity contribution is -0.136. The molecule has 1 N–H and O–H groups in total. The van der Waals surface area contributed by atoms with Gasteiger partial charge in [-0.2, -0.15) is 0 Å². The number of likely N-dealkylation sites (tertiary alicyclic amines) is 1. The van der Waals surface area contributed by atoms with Gasteiger partial charge in [-0.25, -0.2) is 0 Å². The zero-order chi connectivity index (χ0) is 18.8. The van der Waals surface area contributed by atoms with Crippen molar-refractivity contribution in [1.82, 2.24) is 9.80 Å². The summed E-state index contributed by atoms with van der Waals surface area (Å²) in [6.45, 7) is 3.65. The maximum atomic E-state index is 12.9. The number of amides is 2. The van der Waals surface area contributed by atoms with Crippen LogP contribution in [0.3, 0.4) is 0 Å². The molecule has 142 valence electrons. The number of hydrogen-bond donors (Lipinski definition) is 1. The first-order valence-electron chi connectivity index (χ1n) is 9.23. The predicted octanol–water partition coefficient (Wildman–Crippen LogP) is 1.68. The number of carbonyl (C=O) groups excluding carboxylic acids is 2. The fraction of sp³-hybridized carbons (Fsp3) is 0.400. The molecule has 0 spiro atoms. The summed E-state index contributed by atoms with van der Waals surface area (Å²) in [7, 11) is 0. The van der Waals surface area contributed by atoms with Crippen molar-refractivity contribution in [1.29, 1.82) is 0 Å². The highest BCUT2D eigenvalue weighted by Crippen LogP contribution is 2.24. The van der Waals surface area contributed by atoms with Crippen molar-refractivity contribution in [2.75, 3.05) is 37.6 Å². The molecule has 0 radical (unpaired) electrons. The number of rotatable bonds is 4. The summed E-state index contributed by atoms with van der Waals surface area (Å²) < 4.78 is 5.31. The van der Waals surface area contributed by atoms with Gasteiger partial charge in [-0.3, -0.25) is 9.59 Å². The molecule has 1 aromatic heterocycles. The van der Waals surface area contributed by atoms with Crippen LogP contribution in [0.2, 0.25) is 0 Å². The van der Waals surface area contributed by atoms with Crippen molar-refractivity contribution < 1.29 is 19.1 Å². The third-order valence-corrected chi connectivity index (χ3v) is 5.30. The first kappa shape index (κ1) is 17.5. The minimum Gasteiger partial charge on any atom is -0.508 e. The van der Waals surface area contributed by atoms with E-state index < -0.39 is 0 Å². The molecule has 7 heteroatoms. The van der Waals surface area contributed by atoms with Gasteiger partial charge in [0.1, 0.15) is 11.5 Å². The van der Waals surface area contributed by atoms with Crippen LogP contribution in [-0.4, -0.2) is 59.4 Å². The van der Waals surface area contributed by atoms with Gasteiger partial charge in [0.05, 0.1) is 18.7 Å². The van der Waals surface area contributed by atoms with E-state index in [1.54, 1.807) is 29.4 Å². The number of nitrogens with zero attached hydrogens (tertiary/aromatic N) is 3. The van der Waals surface area contributed by atoms with Crippen molar-refractivity contribution in [2.24, 2.45) is 5.92 Å². The van der Waals surface area contributed by atoms with E-state index in [1.807, 2.05) is 23.1 Å². The van der Waals surface area contributed by atoms with Gasteiger partial charge in [0.15, 0.2) is 0 Å². The Hall–Kier alpha value is -2.96. The Bertz CT molecular complexity index is 795. The van der Waals surface area contributed by atoms with E-state index in [0.717, 1.165) is 24.5 Å². The third-order valence-electron chi connectivity index (χ3n) is 5.30. The molecule has 2 aliphatic rings. The van der Waals surface area contributed by atoms with Gasteiger partial charge in [-0.15, -0.1) is 0 Å². The van der Waals surface area contributed by atoms with Gasteiger partial charge < -0.3 is 24.2 Å². The Morgan fingerprint density at radius 1 is 1.11 bits per heavy atom. The van der Waals surface area contributed by atoms with Crippen LogP contribution < -0.4 is 4.90 Å². The van der Waals surface area contributed by atoms with E-state index in [0.29, 0.717) is 26.2 Å². The van der Waals surface area contributed by atoms with Crippen LogP contribution in [0.1, 0.15) is 12.2 Å². The standard InChI is InChI=1S/C20H23N3O4/c24-17-5-3-16(4-6-17)21-7-9-22(10-8-21)20(26)15-12-19(25)23(13-15)14-18-2-1-11-27-18/h1-6,11,15,24H,7-10,12-14H2. The molecular weight excluding hydrogens is 346 g/mol. The van der Waals surface area contributed by atoms with Crippen LogP contribution in [0.25, 0.3) is 0 Å². The maximum absolute atomic E-state index is 12.9. The molecule has 4 rings (SSSR count). The molecule has 2 amide bonds. The first-order chi connectivity index (χ1) is 13.1. The maximum Gasteiger partial charge on any atom is 0.228 e. The van der Waals surface area contributed by atoms with Gasteiger partial charge in [-0.05, 0) is 36.4 Å². The fourth-order valence-corrected chi connectivity index (χ4v) is 3.79. The van der Waals surface area contributed by atoms with Gasteiger partial charge in [0, 0.05) is 44.8 Å². The zero-order valence-corrected chi connectivity index (χ0v) is 15.1. The van der Waals surface area contributed by atoms with E-state index in [2.05, 4.69) is 4.90 Å². The lowest BCUT2D eigenvalue weighted by Gasteiger charge is -2.37. The molecule has 1 unspecified atom stereocenters. The lowest BCUT2D eigenvalue weighted by Crippen LogP contribution is -2.50. The van der Waals surface area contributed by atoms with E-state index in [1.165, 1.54) is 0 Å². The van der Waals surface area contributed by atoms with Gasteiger partial charge >= 0.3 is 0 Å². The Labute approximate surface area is 157 Å². The number of anilines is 1. The van der Waals surface area contributed by atoms with Crippen LogP contribution in [0, 0.1) is 5.92 Å². The number of furan rings is 1. The highest BCUT2D eigenvalue weighted by atomic mass is 16.3. The van der Waals surface area contributed by atoms with Gasteiger partial charge in [0.25, 0.3) is 0 Å². The minimum atomic E-state index is -0.271. The van der Waals surface area contributed by atoms with Crippen LogP contribution in [0.5, 0.6) is 5.75 Å². The summed E-state index contributed by atoms with van der Waals surface area (Å²) in [6, 6.07) is 10.7. The van der Waals surface area contributed by atoms with Gasteiger partial charge in [-0.1, -0.05) is 0 Å². The van der Waals surface area contributed by atoms with E-state index in [9.17, 15) is 14.7 Å². The minimum absolute atomic E-state index is 0.00693. The first-order valence-corrected chi connectivity index (χ1v) is 9.23. The summed E-state index contributed by atoms with van der Waals surface area (Å²) in [4.78, 5) is 30.9. The molecule has 0 bridgehead atoms. The second kappa shape index (κ2) is 7.34. The number of hydrogen-bond acceptors (Lipinski definition) is 5. The molecule has 27 heavy (non-hydrogen) atoms. The van der Waals surface area contributed by atoms with Crippen LogP contribution in [0.15, 0.2) is 47.1 Å². The number of phenolic OH excluding ortho intramolecular Hbond substituents is 1. The average Bonchev–Trinajstić information content (AvgIpc) is 3.32. The molecule has 0 aliphatic carbocycles. The Kier molecular flexibility index (Phi) is 4.75. The van der Waals surface area contributed by atoms with Crippen molar-refractivity contribution in [3.8, 4) is 5.75 Å².